The lowest BCUT2D eigenvalue weighted by molar-refractivity contribution is -0.124. The van der Waals surface area contributed by atoms with Crippen molar-refractivity contribution >= 4 is 5.91 Å². The van der Waals surface area contributed by atoms with E-state index in [1.54, 1.807) is 0 Å². The van der Waals surface area contributed by atoms with Crippen LogP contribution in [0.25, 0.3) is 0 Å². The van der Waals surface area contributed by atoms with E-state index in [4.69, 9.17) is 0 Å². The van der Waals surface area contributed by atoms with Gasteiger partial charge in [0.15, 0.2) is 0 Å². The Morgan fingerprint density at radius 3 is 1.31 bits per heavy atom. The second kappa shape index (κ2) is 11.5. The topological polar surface area (TPSA) is 49.3 Å². The molecule has 0 aliphatic carbocycles. The monoisotopic (exact) mass is 511 g/mol. The maximum atomic E-state index is 14.3. The van der Waals surface area contributed by atoms with Gasteiger partial charge in [-0.3, -0.25) is 4.79 Å². The number of hydrogen-bond donors (Lipinski definition) is 2. The summed E-state index contributed by atoms with van der Waals surface area (Å²) in [5, 5.41) is 16.1. The van der Waals surface area contributed by atoms with Gasteiger partial charge in [0.25, 0.3) is 0 Å². The number of amides is 1. The number of carbonyl (C=O) groups is 1. The second-order valence-corrected chi connectivity index (χ2v) is 10.1. The first-order valence-corrected chi connectivity index (χ1v) is 13.3. The number of aliphatic hydroxyl groups is 1. The fraction of sp³-hybridized carbons (Fsp3) is 0.139. The third-order valence-corrected chi connectivity index (χ3v) is 7.35. The minimum atomic E-state index is -1.53. The average molecular weight is 512 g/mol. The zero-order valence-corrected chi connectivity index (χ0v) is 22.3. The van der Waals surface area contributed by atoms with Gasteiger partial charge in [-0.05, 0) is 41.7 Å². The molecule has 0 aromatic heterocycles. The van der Waals surface area contributed by atoms with E-state index in [9.17, 15) is 9.90 Å². The van der Waals surface area contributed by atoms with Gasteiger partial charge in [0.05, 0.1) is 12.0 Å². The molecule has 194 valence electrons. The van der Waals surface area contributed by atoms with Crippen molar-refractivity contribution in [2.24, 2.45) is 0 Å². The molecule has 3 heteroatoms. The van der Waals surface area contributed by atoms with Gasteiger partial charge in [-0.15, -0.1) is 0 Å². The van der Waals surface area contributed by atoms with Crippen LogP contribution >= 0.6 is 0 Å². The van der Waals surface area contributed by atoms with Crippen molar-refractivity contribution in [1.29, 1.82) is 0 Å². The lowest BCUT2D eigenvalue weighted by Crippen LogP contribution is -2.46. The Hall–Kier alpha value is -4.47. The molecule has 0 heterocycles. The summed E-state index contributed by atoms with van der Waals surface area (Å²) in [6.45, 7) is 4.05. The molecule has 0 spiro atoms. The lowest BCUT2D eigenvalue weighted by Gasteiger charge is -2.39. The van der Waals surface area contributed by atoms with E-state index in [2.05, 4.69) is 5.32 Å². The maximum Gasteiger partial charge on any atom is 0.232 e. The Kier molecular flexibility index (Phi) is 7.72. The quantitative estimate of drug-likeness (QED) is 0.231. The first-order chi connectivity index (χ1) is 19.0. The number of nitrogens with one attached hydrogen (secondary N) is 1. The summed E-state index contributed by atoms with van der Waals surface area (Å²) >= 11 is 0. The van der Waals surface area contributed by atoms with Gasteiger partial charge >= 0.3 is 0 Å². The van der Waals surface area contributed by atoms with Crippen LogP contribution in [-0.2, 0) is 10.4 Å². The molecular formula is C36H33NO2. The average Bonchev–Trinajstić information content (AvgIpc) is 2.98. The minimum absolute atomic E-state index is 0.182. The van der Waals surface area contributed by atoms with E-state index < -0.39 is 17.6 Å². The molecule has 5 aromatic rings. The maximum absolute atomic E-state index is 14.3. The van der Waals surface area contributed by atoms with E-state index in [-0.39, 0.29) is 5.91 Å². The van der Waals surface area contributed by atoms with Gasteiger partial charge in [-0.1, -0.05) is 151 Å². The highest BCUT2D eigenvalue weighted by molar-refractivity contribution is 5.87. The van der Waals surface area contributed by atoms with Crippen molar-refractivity contribution in [2.45, 2.75) is 31.4 Å². The molecule has 2 N–H and O–H groups in total. The summed E-state index contributed by atoms with van der Waals surface area (Å²) in [7, 11) is 0. The number of rotatable bonds is 8. The van der Waals surface area contributed by atoms with E-state index >= 15 is 0 Å². The predicted octanol–water partition coefficient (Wildman–Crippen LogP) is 7.23. The molecule has 0 aliphatic heterocycles. The highest BCUT2D eigenvalue weighted by Gasteiger charge is 2.43. The number of aryl methyl sites for hydroxylation is 2. The first kappa shape index (κ1) is 26.1. The van der Waals surface area contributed by atoms with Crippen molar-refractivity contribution in [3.05, 3.63) is 178 Å². The Morgan fingerprint density at radius 2 is 0.923 bits per heavy atom. The van der Waals surface area contributed by atoms with Gasteiger partial charge < -0.3 is 10.4 Å². The molecule has 1 amide bonds. The standard InChI is InChI=1S/C36H33NO2/c1-26-18-22-31(23-19-26)36(39,32-24-20-27(2)21-25-32)34(30-16-10-5-11-17-30)37-35(38)33(28-12-6-3-7-13-28)29-14-8-4-9-15-29/h3-25,33-34,39H,1-2H3,(H,37,38)/t34-/m0/s1. The van der Waals surface area contributed by atoms with Crippen molar-refractivity contribution < 1.29 is 9.90 Å². The van der Waals surface area contributed by atoms with Crippen LogP contribution in [0, 0.1) is 13.8 Å². The van der Waals surface area contributed by atoms with Crippen LogP contribution in [0.1, 0.15) is 50.9 Å². The summed E-state index contributed by atoms with van der Waals surface area (Å²) in [5.74, 6) is -0.724. The van der Waals surface area contributed by atoms with Gasteiger partial charge in [0.1, 0.15) is 5.60 Å². The van der Waals surface area contributed by atoms with Gasteiger partial charge in [-0.25, -0.2) is 0 Å². The highest BCUT2D eigenvalue weighted by Crippen LogP contribution is 2.42. The Labute approximate surface area is 230 Å². The van der Waals surface area contributed by atoms with Crippen LogP contribution < -0.4 is 5.32 Å². The Balaban J connectivity index is 1.67. The largest absolute Gasteiger partial charge is 0.378 e. The van der Waals surface area contributed by atoms with E-state index in [0.29, 0.717) is 11.1 Å². The number of carbonyl (C=O) groups excluding carboxylic acids is 1. The SMILES string of the molecule is Cc1ccc(C(O)(c2ccc(C)cc2)[C@@H](NC(=O)C(c2ccccc2)c2ccccc2)c2ccccc2)cc1. The molecule has 0 bridgehead atoms. The van der Waals surface area contributed by atoms with Crippen LogP contribution in [0.3, 0.4) is 0 Å². The van der Waals surface area contributed by atoms with Crippen LogP contribution in [0.15, 0.2) is 140 Å². The molecule has 5 rings (SSSR count). The Bertz CT molecular complexity index is 1410. The van der Waals surface area contributed by atoms with Gasteiger partial charge in [-0.2, -0.15) is 0 Å². The fourth-order valence-electron chi connectivity index (χ4n) is 5.20. The molecule has 0 aliphatic rings. The zero-order chi connectivity index (χ0) is 27.2. The Morgan fingerprint density at radius 1 is 0.564 bits per heavy atom. The van der Waals surface area contributed by atoms with E-state index in [0.717, 1.165) is 27.8 Å². The summed E-state index contributed by atoms with van der Waals surface area (Å²) in [4.78, 5) is 14.3. The molecule has 0 saturated carbocycles. The van der Waals surface area contributed by atoms with E-state index in [1.807, 2.05) is 153 Å². The van der Waals surface area contributed by atoms with Crippen molar-refractivity contribution in [2.75, 3.05) is 0 Å². The van der Waals surface area contributed by atoms with E-state index in [1.165, 1.54) is 0 Å². The van der Waals surface area contributed by atoms with Crippen LogP contribution in [0.2, 0.25) is 0 Å². The predicted molar refractivity (Wildman–Crippen MR) is 157 cm³/mol. The molecular weight excluding hydrogens is 478 g/mol. The first-order valence-electron chi connectivity index (χ1n) is 13.3. The van der Waals surface area contributed by atoms with Crippen molar-refractivity contribution in [1.82, 2.24) is 5.32 Å². The molecule has 0 radical (unpaired) electrons. The zero-order valence-electron chi connectivity index (χ0n) is 22.3. The third-order valence-electron chi connectivity index (χ3n) is 7.35. The summed E-state index contributed by atoms with van der Waals surface area (Å²) < 4.78 is 0. The highest BCUT2D eigenvalue weighted by atomic mass is 16.3. The minimum Gasteiger partial charge on any atom is -0.378 e. The van der Waals surface area contributed by atoms with Gasteiger partial charge in [0, 0.05) is 0 Å². The lowest BCUT2D eigenvalue weighted by atomic mass is 9.76. The molecule has 0 saturated heterocycles. The fourth-order valence-corrected chi connectivity index (χ4v) is 5.20. The summed E-state index contributed by atoms with van der Waals surface area (Å²) in [5.41, 5.74) is 4.68. The normalized spacial score (nSPS) is 12.2. The number of benzene rings is 5. The van der Waals surface area contributed by atoms with Crippen molar-refractivity contribution in [3.8, 4) is 0 Å². The second-order valence-electron chi connectivity index (χ2n) is 10.1. The van der Waals surface area contributed by atoms with Crippen LogP contribution in [0.5, 0.6) is 0 Å². The molecule has 0 unspecified atom stereocenters. The molecule has 39 heavy (non-hydrogen) atoms. The number of hydrogen-bond acceptors (Lipinski definition) is 2. The summed E-state index contributed by atoms with van der Waals surface area (Å²) in [6, 6.07) is 44.3. The molecule has 5 aromatic carbocycles. The third kappa shape index (κ3) is 5.55. The molecule has 3 nitrogen and oxygen atoms in total. The molecule has 1 atom stereocenters. The van der Waals surface area contributed by atoms with Gasteiger partial charge in [0.2, 0.25) is 5.91 Å². The smallest absolute Gasteiger partial charge is 0.232 e. The summed E-state index contributed by atoms with van der Waals surface area (Å²) in [6.07, 6.45) is 0. The van der Waals surface area contributed by atoms with Crippen LogP contribution in [0.4, 0.5) is 0 Å². The molecule has 0 fully saturated rings. The van der Waals surface area contributed by atoms with Crippen molar-refractivity contribution in [3.63, 3.8) is 0 Å². The van der Waals surface area contributed by atoms with Crippen LogP contribution in [-0.4, -0.2) is 11.0 Å².